The van der Waals surface area contributed by atoms with Crippen LogP contribution in [0, 0.1) is 13.8 Å². The largest absolute Gasteiger partial charge is 0.507 e. The molecule has 0 bridgehead atoms. The second-order valence-electron chi connectivity index (χ2n) is 8.11. The topological polar surface area (TPSA) is 94.0 Å². The van der Waals surface area contributed by atoms with Crippen molar-refractivity contribution in [1.82, 2.24) is 14.8 Å². The quantitative estimate of drug-likeness (QED) is 0.373. The SMILES string of the molecule is CCN(CC)CCCN1C(=O)C(=O)C(=C(O)c2cc(C)c(C)cc2O)C1c1cccnc1. The van der Waals surface area contributed by atoms with Crippen LogP contribution in [0.5, 0.6) is 5.75 Å². The molecule has 170 valence electrons. The van der Waals surface area contributed by atoms with Gasteiger partial charge in [-0.15, -0.1) is 0 Å². The van der Waals surface area contributed by atoms with E-state index in [0.29, 0.717) is 18.5 Å². The average Bonchev–Trinajstić information content (AvgIpc) is 3.04. The number of hydrogen-bond donors (Lipinski definition) is 2. The van der Waals surface area contributed by atoms with Gasteiger partial charge in [-0.1, -0.05) is 19.9 Å². The van der Waals surface area contributed by atoms with Crippen LogP contribution in [0.25, 0.3) is 5.76 Å². The van der Waals surface area contributed by atoms with Gasteiger partial charge in [0.25, 0.3) is 11.7 Å². The molecular formula is C25H31N3O4. The summed E-state index contributed by atoms with van der Waals surface area (Å²) in [5.74, 6) is -1.91. The highest BCUT2D eigenvalue weighted by atomic mass is 16.3. The van der Waals surface area contributed by atoms with E-state index < -0.39 is 17.7 Å². The zero-order valence-electron chi connectivity index (χ0n) is 19.1. The van der Waals surface area contributed by atoms with Crippen molar-refractivity contribution in [2.45, 2.75) is 40.2 Å². The maximum atomic E-state index is 13.1. The minimum atomic E-state index is -0.763. The molecule has 1 aliphatic rings. The Morgan fingerprint density at radius 1 is 1.16 bits per heavy atom. The van der Waals surface area contributed by atoms with Crippen LogP contribution in [0.1, 0.15) is 48.6 Å². The van der Waals surface area contributed by atoms with E-state index in [9.17, 15) is 19.8 Å². The van der Waals surface area contributed by atoms with Crippen molar-refractivity contribution in [1.29, 1.82) is 0 Å². The van der Waals surface area contributed by atoms with Gasteiger partial charge in [-0.2, -0.15) is 0 Å². The number of benzene rings is 1. The number of Topliss-reactive ketones (excluding diaryl/α,β-unsaturated/α-hetero) is 1. The van der Waals surface area contributed by atoms with E-state index in [1.165, 1.54) is 4.90 Å². The number of pyridine rings is 1. The Hall–Kier alpha value is -3.19. The van der Waals surface area contributed by atoms with Gasteiger partial charge in [-0.3, -0.25) is 14.6 Å². The van der Waals surface area contributed by atoms with Crippen LogP contribution in [0.2, 0.25) is 0 Å². The first kappa shape index (κ1) is 23.5. The lowest BCUT2D eigenvalue weighted by Gasteiger charge is -2.26. The van der Waals surface area contributed by atoms with E-state index in [2.05, 4.69) is 23.7 Å². The molecule has 2 heterocycles. The summed E-state index contributed by atoms with van der Waals surface area (Å²) in [6.07, 6.45) is 3.91. The second-order valence-corrected chi connectivity index (χ2v) is 8.11. The molecule has 0 radical (unpaired) electrons. The van der Waals surface area contributed by atoms with Crippen LogP contribution in [0.3, 0.4) is 0 Å². The number of amides is 1. The highest BCUT2D eigenvalue weighted by molar-refractivity contribution is 6.46. The highest BCUT2D eigenvalue weighted by Crippen LogP contribution is 2.41. The molecule has 1 aromatic carbocycles. The number of aryl methyl sites for hydroxylation is 2. The van der Waals surface area contributed by atoms with Crippen LogP contribution >= 0.6 is 0 Å². The van der Waals surface area contributed by atoms with Crippen LogP contribution in [0.4, 0.5) is 0 Å². The average molecular weight is 438 g/mol. The number of nitrogens with zero attached hydrogens (tertiary/aromatic N) is 3. The van der Waals surface area contributed by atoms with Crippen molar-refractivity contribution in [2.75, 3.05) is 26.2 Å². The summed E-state index contributed by atoms with van der Waals surface area (Å²) in [5.41, 5.74) is 2.47. The molecule has 3 rings (SSSR count). The zero-order chi connectivity index (χ0) is 23.4. The van der Waals surface area contributed by atoms with Crippen LogP contribution in [0.15, 0.2) is 42.2 Å². The molecule has 1 saturated heterocycles. The molecule has 1 amide bonds. The fourth-order valence-corrected chi connectivity index (χ4v) is 4.14. The number of aromatic hydroxyl groups is 1. The Balaban J connectivity index is 2.06. The van der Waals surface area contributed by atoms with Crippen molar-refractivity contribution in [2.24, 2.45) is 0 Å². The minimum absolute atomic E-state index is 0.0237. The highest BCUT2D eigenvalue weighted by Gasteiger charge is 2.46. The predicted octanol–water partition coefficient (Wildman–Crippen LogP) is 3.56. The maximum absolute atomic E-state index is 13.1. The number of rotatable bonds is 8. The summed E-state index contributed by atoms with van der Waals surface area (Å²) in [6, 6.07) is 5.94. The number of carbonyl (C=O) groups excluding carboxylic acids is 2. The molecule has 7 nitrogen and oxygen atoms in total. The summed E-state index contributed by atoms with van der Waals surface area (Å²) in [7, 11) is 0. The van der Waals surface area contributed by atoms with Gasteiger partial charge in [0.05, 0.1) is 17.2 Å². The van der Waals surface area contributed by atoms with Crippen molar-refractivity contribution >= 4 is 17.4 Å². The first-order valence-electron chi connectivity index (χ1n) is 11.0. The Bertz CT molecular complexity index is 1030. The summed E-state index contributed by atoms with van der Waals surface area (Å²) in [4.78, 5) is 34.0. The molecule has 0 aliphatic carbocycles. The van der Waals surface area contributed by atoms with Gasteiger partial charge in [0.2, 0.25) is 0 Å². The number of carbonyl (C=O) groups is 2. The van der Waals surface area contributed by atoms with Gasteiger partial charge in [0.1, 0.15) is 11.5 Å². The van der Waals surface area contributed by atoms with E-state index in [-0.39, 0.29) is 22.6 Å². The molecule has 1 aromatic heterocycles. The number of phenols is 1. The third-order valence-electron chi connectivity index (χ3n) is 6.18. The molecule has 32 heavy (non-hydrogen) atoms. The number of likely N-dealkylation sites (tertiary alicyclic amines) is 1. The molecule has 2 aromatic rings. The first-order chi connectivity index (χ1) is 15.3. The van der Waals surface area contributed by atoms with Crippen LogP contribution in [-0.2, 0) is 9.59 Å². The van der Waals surface area contributed by atoms with Gasteiger partial charge < -0.3 is 20.0 Å². The second kappa shape index (κ2) is 9.96. The number of hydrogen-bond acceptors (Lipinski definition) is 6. The predicted molar refractivity (Wildman–Crippen MR) is 123 cm³/mol. The maximum Gasteiger partial charge on any atom is 0.295 e. The minimum Gasteiger partial charge on any atom is -0.507 e. The van der Waals surface area contributed by atoms with E-state index in [0.717, 1.165) is 30.8 Å². The van der Waals surface area contributed by atoms with E-state index in [1.54, 1.807) is 36.7 Å². The number of aliphatic hydroxyl groups excluding tert-OH is 1. The van der Waals surface area contributed by atoms with Gasteiger partial charge in [0.15, 0.2) is 0 Å². The normalized spacial score (nSPS) is 18.0. The lowest BCUT2D eigenvalue weighted by atomic mass is 9.94. The summed E-state index contributed by atoms with van der Waals surface area (Å²) < 4.78 is 0. The first-order valence-corrected chi connectivity index (χ1v) is 11.0. The molecule has 1 unspecified atom stereocenters. The van der Waals surface area contributed by atoms with Crippen molar-refractivity contribution in [3.8, 4) is 5.75 Å². The number of ketones is 1. The van der Waals surface area contributed by atoms with Crippen molar-refractivity contribution < 1.29 is 19.8 Å². The Kier molecular flexibility index (Phi) is 7.30. The Morgan fingerprint density at radius 2 is 1.84 bits per heavy atom. The van der Waals surface area contributed by atoms with Crippen LogP contribution < -0.4 is 0 Å². The third-order valence-corrected chi connectivity index (χ3v) is 6.18. The number of aliphatic hydroxyl groups is 1. The van der Waals surface area contributed by atoms with Crippen molar-refractivity contribution in [3.63, 3.8) is 0 Å². The fraction of sp³-hybridized carbons (Fsp3) is 0.400. The molecule has 1 fully saturated rings. The number of phenolic OH excluding ortho intramolecular Hbond substituents is 1. The standard InChI is InChI=1S/C25H31N3O4/c1-5-27(6-2)11-8-12-28-22(18-9-7-10-26-15-18)21(24(31)25(28)32)23(30)19-13-16(3)17(4)14-20(19)29/h7,9-10,13-15,22,29-30H,5-6,8,11-12H2,1-4H3. The molecule has 0 spiro atoms. The summed E-state index contributed by atoms with van der Waals surface area (Å²) >= 11 is 0. The fourth-order valence-electron chi connectivity index (χ4n) is 4.14. The lowest BCUT2D eigenvalue weighted by molar-refractivity contribution is -0.140. The van der Waals surface area contributed by atoms with E-state index in [4.69, 9.17) is 0 Å². The molecule has 2 N–H and O–H groups in total. The molecule has 0 saturated carbocycles. The monoisotopic (exact) mass is 437 g/mol. The van der Waals surface area contributed by atoms with Gasteiger partial charge >= 0.3 is 0 Å². The molecule has 1 atom stereocenters. The molecular weight excluding hydrogens is 406 g/mol. The van der Waals surface area contributed by atoms with Gasteiger partial charge in [-0.25, -0.2) is 0 Å². The van der Waals surface area contributed by atoms with E-state index in [1.807, 2.05) is 13.8 Å². The van der Waals surface area contributed by atoms with Gasteiger partial charge in [0, 0.05) is 18.9 Å². The third kappa shape index (κ3) is 4.53. The molecule has 1 aliphatic heterocycles. The van der Waals surface area contributed by atoms with E-state index >= 15 is 0 Å². The van der Waals surface area contributed by atoms with Crippen molar-refractivity contribution in [3.05, 3.63) is 64.5 Å². The Labute approximate surface area is 189 Å². The Morgan fingerprint density at radius 3 is 2.47 bits per heavy atom. The van der Waals surface area contributed by atoms with Crippen LogP contribution in [-0.4, -0.2) is 62.9 Å². The summed E-state index contributed by atoms with van der Waals surface area (Å²) in [6.45, 7) is 10.9. The number of aromatic nitrogens is 1. The molecule has 7 heteroatoms. The lowest BCUT2D eigenvalue weighted by Crippen LogP contribution is -2.33. The smallest absolute Gasteiger partial charge is 0.295 e. The summed E-state index contributed by atoms with van der Waals surface area (Å²) in [5, 5.41) is 21.6. The van der Waals surface area contributed by atoms with Gasteiger partial charge in [-0.05, 0) is 74.8 Å². The zero-order valence-corrected chi connectivity index (χ0v) is 19.1.